The molecule has 0 saturated carbocycles. The van der Waals surface area contributed by atoms with E-state index in [0.717, 1.165) is 16.9 Å². The third kappa shape index (κ3) is 4.91. The fourth-order valence-corrected chi connectivity index (χ4v) is 2.23. The molecule has 1 N–H and O–H groups in total. The van der Waals surface area contributed by atoms with E-state index in [1.165, 1.54) is 12.1 Å². The molecule has 0 bridgehead atoms. The van der Waals surface area contributed by atoms with Gasteiger partial charge in [0.15, 0.2) is 0 Å². The highest BCUT2D eigenvalue weighted by Crippen LogP contribution is 2.16. The predicted octanol–water partition coefficient (Wildman–Crippen LogP) is 4.62. The van der Waals surface area contributed by atoms with Gasteiger partial charge in [0.25, 0.3) is 5.69 Å². The molecule has 0 aliphatic rings. The van der Waals surface area contributed by atoms with Crippen molar-refractivity contribution in [3.63, 3.8) is 0 Å². The van der Waals surface area contributed by atoms with Gasteiger partial charge >= 0.3 is 0 Å². The molecule has 26 heavy (non-hydrogen) atoms. The van der Waals surface area contributed by atoms with Crippen LogP contribution < -0.4 is 10.2 Å². The van der Waals surface area contributed by atoms with Crippen molar-refractivity contribution >= 4 is 17.6 Å². The largest absolute Gasteiger partial charge is 0.489 e. The highest BCUT2D eigenvalue weighted by atomic mass is 16.6. The molecule has 0 amide bonds. The van der Waals surface area contributed by atoms with Crippen molar-refractivity contribution in [2.45, 2.75) is 6.61 Å². The number of rotatable bonds is 7. The van der Waals surface area contributed by atoms with Crippen LogP contribution in [0.1, 0.15) is 11.1 Å². The van der Waals surface area contributed by atoms with Crippen molar-refractivity contribution in [3.8, 4) is 5.75 Å². The lowest BCUT2D eigenvalue weighted by molar-refractivity contribution is -0.384. The molecule has 0 saturated heterocycles. The molecule has 3 rings (SSSR count). The van der Waals surface area contributed by atoms with E-state index in [-0.39, 0.29) is 5.69 Å². The second-order valence-corrected chi connectivity index (χ2v) is 5.52. The summed E-state index contributed by atoms with van der Waals surface area (Å²) in [5.41, 5.74) is 5.58. The lowest BCUT2D eigenvalue weighted by atomic mass is 10.2. The zero-order valence-corrected chi connectivity index (χ0v) is 13.9. The zero-order chi connectivity index (χ0) is 18.2. The average Bonchev–Trinajstić information content (AvgIpc) is 2.68. The summed E-state index contributed by atoms with van der Waals surface area (Å²) in [7, 11) is 0. The molecule has 130 valence electrons. The molecule has 0 aliphatic heterocycles. The van der Waals surface area contributed by atoms with Crippen molar-refractivity contribution in [1.82, 2.24) is 0 Å². The van der Waals surface area contributed by atoms with Crippen molar-refractivity contribution < 1.29 is 9.66 Å². The summed E-state index contributed by atoms with van der Waals surface area (Å²) in [5, 5.41) is 14.7. The van der Waals surface area contributed by atoms with Gasteiger partial charge in [-0.2, -0.15) is 5.10 Å². The molecule has 0 aliphatic carbocycles. The van der Waals surface area contributed by atoms with Gasteiger partial charge in [-0.15, -0.1) is 0 Å². The Hall–Kier alpha value is -3.67. The number of hydrogen-bond acceptors (Lipinski definition) is 5. The summed E-state index contributed by atoms with van der Waals surface area (Å²) in [4.78, 5) is 10.2. The lowest BCUT2D eigenvalue weighted by Crippen LogP contribution is -1.95. The Morgan fingerprint density at radius 2 is 1.65 bits per heavy atom. The molecule has 3 aromatic carbocycles. The van der Waals surface area contributed by atoms with E-state index in [1.807, 2.05) is 54.6 Å². The van der Waals surface area contributed by atoms with E-state index < -0.39 is 4.92 Å². The van der Waals surface area contributed by atoms with Crippen molar-refractivity contribution in [2.24, 2.45) is 5.10 Å². The van der Waals surface area contributed by atoms with Gasteiger partial charge in [0.1, 0.15) is 12.4 Å². The smallest absolute Gasteiger partial charge is 0.269 e. The van der Waals surface area contributed by atoms with Crippen LogP contribution in [0.25, 0.3) is 0 Å². The minimum absolute atomic E-state index is 0.0469. The molecule has 0 fully saturated rings. The minimum atomic E-state index is -0.436. The van der Waals surface area contributed by atoms with E-state index in [4.69, 9.17) is 4.74 Å². The molecule has 3 aromatic rings. The van der Waals surface area contributed by atoms with Gasteiger partial charge < -0.3 is 4.74 Å². The predicted molar refractivity (Wildman–Crippen MR) is 102 cm³/mol. The quantitative estimate of drug-likeness (QED) is 0.384. The van der Waals surface area contributed by atoms with Crippen LogP contribution in [0.5, 0.6) is 5.75 Å². The Kier molecular flexibility index (Phi) is 5.57. The maximum atomic E-state index is 10.6. The summed E-state index contributed by atoms with van der Waals surface area (Å²) in [6.07, 6.45) is 1.67. The highest BCUT2D eigenvalue weighted by Gasteiger charge is 2.02. The summed E-state index contributed by atoms with van der Waals surface area (Å²) in [6.45, 7) is 0.524. The van der Waals surface area contributed by atoms with E-state index in [2.05, 4.69) is 10.5 Å². The number of hydrogen-bond donors (Lipinski definition) is 1. The van der Waals surface area contributed by atoms with Crippen LogP contribution in [0.4, 0.5) is 11.4 Å². The number of benzene rings is 3. The van der Waals surface area contributed by atoms with Crippen LogP contribution in [0.3, 0.4) is 0 Å². The van der Waals surface area contributed by atoms with Crippen molar-refractivity contribution in [3.05, 3.63) is 100 Å². The summed E-state index contributed by atoms with van der Waals surface area (Å²) < 4.78 is 5.74. The Morgan fingerprint density at radius 3 is 2.31 bits per heavy atom. The molecular formula is C20H17N3O3. The van der Waals surface area contributed by atoms with Crippen LogP contribution in [0.15, 0.2) is 84.0 Å². The second kappa shape index (κ2) is 8.43. The third-order valence-electron chi connectivity index (χ3n) is 3.61. The highest BCUT2D eigenvalue weighted by molar-refractivity contribution is 5.80. The Morgan fingerprint density at radius 1 is 0.962 bits per heavy atom. The first kappa shape index (κ1) is 17.2. The maximum absolute atomic E-state index is 10.6. The number of anilines is 1. The molecule has 6 heteroatoms. The molecule has 6 nitrogen and oxygen atoms in total. The summed E-state index contributed by atoms with van der Waals surface area (Å²) in [6, 6.07) is 23.6. The van der Waals surface area contributed by atoms with Gasteiger partial charge in [0.2, 0.25) is 0 Å². The zero-order valence-electron chi connectivity index (χ0n) is 13.9. The second-order valence-electron chi connectivity index (χ2n) is 5.52. The van der Waals surface area contributed by atoms with E-state index >= 15 is 0 Å². The SMILES string of the molecule is O=[N+]([O-])c1ccc(N/N=C/c2ccc(OCc3ccccc3)cc2)cc1. The number of hydrazone groups is 1. The molecule has 0 radical (unpaired) electrons. The minimum Gasteiger partial charge on any atom is -0.489 e. The van der Waals surface area contributed by atoms with Crippen LogP contribution in [-0.2, 0) is 6.61 Å². The standard InChI is InChI=1S/C20H17N3O3/c24-23(25)19-10-8-18(9-11-19)22-21-14-16-6-12-20(13-7-16)26-15-17-4-2-1-3-5-17/h1-14,22H,15H2/b21-14+. The van der Waals surface area contributed by atoms with Crippen molar-refractivity contribution in [2.75, 3.05) is 5.43 Å². The fourth-order valence-electron chi connectivity index (χ4n) is 2.23. The van der Waals surface area contributed by atoms with Crippen LogP contribution in [0.2, 0.25) is 0 Å². The fraction of sp³-hybridized carbons (Fsp3) is 0.0500. The van der Waals surface area contributed by atoms with Gasteiger partial charge in [0, 0.05) is 12.1 Å². The molecule has 0 atom stereocenters. The maximum Gasteiger partial charge on any atom is 0.269 e. The van der Waals surface area contributed by atoms with Gasteiger partial charge in [-0.3, -0.25) is 15.5 Å². The monoisotopic (exact) mass is 347 g/mol. The Labute approximate surface area is 150 Å². The number of ether oxygens (including phenoxy) is 1. The van der Waals surface area contributed by atoms with Gasteiger partial charge in [0.05, 0.1) is 16.8 Å². The lowest BCUT2D eigenvalue weighted by Gasteiger charge is -2.06. The van der Waals surface area contributed by atoms with E-state index in [1.54, 1.807) is 18.3 Å². The van der Waals surface area contributed by atoms with Gasteiger partial charge in [-0.1, -0.05) is 30.3 Å². The molecule has 0 spiro atoms. The van der Waals surface area contributed by atoms with Crippen LogP contribution in [0, 0.1) is 10.1 Å². The van der Waals surface area contributed by atoms with E-state index in [9.17, 15) is 10.1 Å². The number of nitrogens with zero attached hydrogens (tertiary/aromatic N) is 2. The number of nitro groups is 1. The van der Waals surface area contributed by atoms with Gasteiger partial charge in [-0.05, 0) is 47.5 Å². The number of nitro benzene ring substituents is 1. The molecular weight excluding hydrogens is 330 g/mol. The topological polar surface area (TPSA) is 76.8 Å². The Bertz CT molecular complexity index is 876. The Balaban J connectivity index is 1.52. The summed E-state index contributed by atoms with van der Waals surface area (Å²) in [5.74, 6) is 0.786. The van der Waals surface area contributed by atoms with E-state index in [0.29, 0.717) is 12.3 Å². The van der Waals surface area contributed by atoms with Crippen LogP contribution in [-0.4, -0.2) is 11.1 Å². The van der Waals surface area contributed by atoms with Crippen LogP contribution >= 0.6 is 0 Å². The molecule has 0 heterocycles. The molecule has 0 unspecified atom stereocenters. The summed E-state index contributed by atoms with van der Waals surface area (Å²) >= 11 is 0. The first-order valence-electron chi connectivity index (χ1n) is 8.01. The average molecular weight is 347 g/mol. The van der Waals surface area contributed by atoms with Gasteiger partial charge in [-0.25, -0.2) is 0 Å². The van der Waals surface area contributed by atoms with Crippen molar-refractivity contribution in [1.29, 1.82) is 0 Å². The first-order chi connectivity index (χ1) is 12.7. The molecule has 0 aromatic heterocycles. The third-order valence-corrected chi connectivity index (χ3v) is 3.61. The number of non-ortho nitro benzene ring substituents is 1. The first-order valence-corrected chi connectivity index (χ1v) is 8.01. The normalized spacial score (nSPS) is 10.6. The number of nitrogens with one attached hydrogen (secondary N) is 1.